The molecule has 0 amide bonds. The third-order valence-corrected chi connectivity index (χ3v) is 0. The van der Waals surface area contributed by atoms with Crippen LogP contribution < -0.4 is 10.0 Å². The molecule has 0 aromatic carbocycles. The predicted molar refractivity (Wildman–Crippen MR) is 41.2 cm³/mol. The summed E-state index contributed by atoms with van der Waals surface area (Å²) in [6, 6.07) is 0. The molecule has 52 valence electrons. The van der Waals surface area contributed by atoms with E-state index in [0.717, 1.165) is 0 Å². The number of hydrogen-bond donors (Lipinski definition) is 0. The Labute approximate surface area is 88.2 Å². The minimum absolute atomic E-state index is 0. The van der Waals surface area contributed by atoms with Crippen LogP contribution in [0.1, 0.15) is 0 Å². The van der Waals surface area contributed by atoms with Gasteiger partial charge < -0.3 is 15.5 Å². The van der Waals surface area contributed by atoms with Crippen LogP contribution >= 0.6 is 7.92 Å². The molecule has 0 spiro atoms. The Bertz CT molecular complexity index is 30.3. The van der Waals surface area contributed by atoms with E-state index in [2.05, 4.69) is 20.0 Å². The summed E-state index contributed by atoms with van der Waals surface area (Å²) in [5.74, 6) is 0. The topological polar surface area (TPSA) is 77.6 Å². The van der Waals surface area contributed by atoms with Crippen molar-refractivity contribution in [2.45, 2.75) is 0 Å². The van der Waals surface area contributed by atoms with E-state index in [9.17, 15) is 0 Å². The van der Waals surface area contributed by atoms with Crippen LogP contribution in [0.2, 0.25) is 0 Å². The van der Waals surface area contributed by atoms with Gasteiger partial charge in [-0.25, -0.2) is 0 Å². The average Bonchev–Trinajstić information content (AvgIpc) is 1.33. The number of rotatable bonds is 0. The fraction of sp³-hybridized carbons (Fsp3) is 1.00. The summed E-state index contributed by atoms with van der Waals surface area (Å²) < 4.78 is 0. The molecule has 0 radical (unpaired) electrons. The smallest absolute Gasteiger partial charge is 0.896 e. The summed E-state index contributed by atoms with van der Waals surface area (Å²) >= 11 is 0. The van der Waals surface area contributed by atoms with E-state index >= 15 is 0 Å². The molecule has 0 aliphatic heterocycles. The van der Waals surface area contributed by atoms with Gasteiger partial charge in [-0.1, -0.05) is 0 Å². The molecule has 9 heavy (non-hydrogen) atoms. The third-order valence-electron chi connectivity index (χ3n) is 0. The van der Waals surface area contributed by atoms with Gasteiger partial charge in [0, 0.05) is 0 Å². The van der Waals surface area contributed by atoms with Crippen molar-refractivity contribution in [1.29, 1.82) is 0 Å². The molecule has 0 bridgehead atoms. The van der Waals surface area contributed by atoms with Crippen molar-refractivity contribution < 1.29 is 15.5 Å². The van der Waals surface area contributed by atoms with Gasteiger partial charge >= 0.3 is 37.7 Å². The Morgan fingerprint density at radius 1 is 1.11 bits per heavy atom. The van der Waals surface area contributed by atoms with Gasteiger partial charge in [0.05, 0.1) is 0 Å². The van der Waals surface area contributed by atoms with Crippen LogP contribution in [-0.4, -0.2) is 70.9 Å². The monoisotopic (exact) mass is 178 g/mol. The molecule has 2 N–H and O–H groups in total. The molecule has 0 fully saturated rings. The summed E-state index contributed by atoms with van der Waals surface area (Å²) in [6.45, 7) is 6.69. The number of hydrogen-bond acceptors (Lipinski definition) is 2. The van der Waals surface area contributed by atoms with Crippen molar-refractivity contribution in [2.75, 3.05) is 20.0 Å². The molecule has 0 unspecified atom stereocenters. The Hall–Kier alpha value is 1.63. The molecule has 0 aliphatic carbocycles. The van der Waals surface area contributed by atoms with Gasteiger partial charge in [-0.15, -0.1) is 15.6 Å². The molecule has 0 saturated carbocycles. The van der Waals surface area contributed by atoms with Gasteiger partial charge in [-0.05, 0) is 20.0 Å². The maximum atomic E-state index is 8.38. The molecule has 0 rings (SSSR count). The molecule has 0 heterocycles. The minimum atomic E-state index is -1.25. The molecule has 0 atom stereocenters. The van der Waals surface area contributed by atoms with Crippen molar-refractivity contribution in [3.05, 3.63) is 0 Å². The first kappa shape index (κ1) is 22.4. The summed E-state index contributed by atoms with van der Waals surface area (Å²) in [6.07, 6.45) is 0. The van der Waals surface area contributed by atoms with Gasteiger partial charge in [-0.3, -0.25) is 0 Å². The molecule has 6 heteroatoms. The van der Waals surface area contributed by atoms with Gasteiger partial charge in [0.25, 0.3) is 0 Å². The van der Waals surface area contributed by atoms with Gasteiger partial charge in [0.15, 0.2) is 0 Å². The van der Waals surface area contributed by atoms with Crippen molar-refractivity contribution in [3.8, 4) is 0 Å². The Balaban J connectivity index is -0.0000000233. The van der Waals surface area contributed by atoms with E-state index in [1.165, 1.54) is 0 Å². The molecular formula is C3H12BCaO3P. The molecule has 0 aromatic heterocycles. The summed E-state index contributed by atoms with van der Waals surface area (Å²) in [5.41, 5.74) is 0. The zero-order chi connectivity index (χ0) is 6.28. The maximum Gasteiger partial charge on any atom is 2.00 e. The molecule has 0 aliphatic rings. The molecule has 0 aromatic rings. The largest absolute Gasteiger partial charge is 2.00 e. The summed E-state index contributed by atoms with van der Waals surface area (Å²) in [7, 11) is -0.870. The summed E-state index contributed by atoms with van der Waals surface area (Å²) in [5, 5.41) is 16.8. The zero-order valence-corrected chi connectivity index (χ0v) is 9.28. The Morgan fingerprint density at radius 3 is 1.11 bits per heavy atom. The first-order valence-corrected chi connectivity index (χ1v) is 4.60. The normalized spacial score (nSPS) is 5.56. The second-order valence-corrected chi connectivity index (χ2v) is 4.14. The SMILES string of the molecule is CP(C)C.O.[Ca+2].[O-]B[O-]. The quantitative estimate of drug-likeness (QED) is 0.295. The van der Waals surface area contributed by atoms with Crippen LogP contribution in [-0.2, 0) is 0 Å². The van der Waals surface area contributed by atoms with Gasteiger partial charge in [0.2, 0.25) is 0 Å². The van der Waals surface area contributed by atoms with Gasteiger partial charge in [0.1, 0.15) is 0 Å². The van der Waals surface area contributed by atoms with E-state index in [1.807, 2.05) is 0 Å². The van der Waals surface area contributed by atoms with Crippen LogP contribution in [0.4, 0.5) is 0 Å². The first-order valence-electron chi connectivity index (χ1n) is 1.92. The Morgan fingerprint density at radius 2 is 1.11 bits per heavy atom. The second-order valence-electron chi connectivity index (χ2n) is 1.46. The van der Waals surface area contributed by atoms with Crippen LogP contribution in [0, 0.1) is 0 Å². The van der Waals surface area contributed by atoms with Crippen LogP contribution in [0.15, 0.2) is 0 Å². The molecule has 0 saturated heterocycles. The third kappa shape index (κ3) is 210. The maximum absolute atomic E-state index is 8.38. The second kappa shape index (κ2) is 22.6. The molecular weight excluding hydrogens is 166 g/mol. The van der Waals surface area contributed by atoms with Gasteiger partial charge in [-0.2, -0.15) is 0 Å². The van der Waals surface area contributed by atoms with E-state index in [-0.39, 0.29) is 43.2 Å². The zero-order valence-electron chi connectivity index (χ0n) is 6.18. The van der Waals surface area contributed by atoms with E-state index in [4.69, 9.17) is 10.0 Å². The van der Waals surface area contributed by atoms with E-state index in [1.54, 1.807) is 0 Å². The first-order chi connectivity index (χ1) is 3.15. The van der Waals surface area contributed by atoms with Crippen LogP contribution in [0.25, 0.3) is 0 Å². The summed E-state index contributed by atoms with van der Waals surface area (Å²) in [4.78, 5) is 0. The van der Waals surface area contributed by atoms with Crippen LogP contribution in [0.5, 0.6) is 0 Å². The fourth-order valence-electron chi connectivity index (χ4n) is 0. The fourth-order valence-corrected chi connectivity index (χ4v) is 0. The minimum Gasteiger partial charge on any atom is -0.896 e. The Kier molecular flexibility index (Phi) is 56.4. The van der Waals surface area contributed by atoms with E-state index < -0.39 is 7.69 Å². The average molecular weight is 178 g/mol. The van der Waals surface area contributed by atoms with Crippen molar-refractivity contribution in [1.82, 2.24) is 0 Å². The van der Waals surface area contributed by atoms with E-state index in [0.29, 0.717) is 7.92 Å². The van der Waals surface area contributed by atoms with Crippen molar-refractivity contribution in [3.63, 3.8) is 0 Å². The predicted octanol–water partition coefficient (Wildman–Crippen LogP) is -2.87. The van der Waals surface area contributed by atoms with Crippen LogP contribution in [0.3, 0.4) is 0 Å². The standard InChI is InChI=1S/C3H9P.BHO2.Ca.H2O/c1-4(2)3;2-1-3;;/h1-3H3;1H;;1H2/q;-2;+2;. The van der Waals surface area contributed by atoms with Crippen molar-refractivity contribution >= 4 is 53.3 Å². The van der Waals surface area contributed by atoms with Crippen molar-refractivity contribution in [2.24, 2.45) is 0 Å². The molecule has 3 nitrogen and oxygen atoms in total.